The van der Waals surface area contributed by atoms with Crippen LogP contribution in [0.3, 0.4) is 0 Å². The number of hydrogen-bond acceptors (Lipinski definition) is 6. The quantitative estimate of drug-likeness (QED) is 0.670. The lowest BCUT2D eigenvalue weighted by Gasteiger charge is -2.10. The highest BCUT2D eigenvalue weighted by molar-refractivity contribution is 7.93. The van der Waals surface area contributed by atoms with Crippen LogP contribution in [-0.4, -0.2) is 31.0 Å². The Kier molecular flexibility index (Phi) is 5.06. The van der Waals surface area contributed by atoms with E-state index in [-0.39, 0.29) is 22.2 Å². The van der Waals surface area contributed by atoms with Gasteiger partial charge in [0.05, 0.1) is 23.9 Å². The predicted molar refractivity (Wildman–Crippen MR) is 97.8 cm³/mol. The van der Waals surface area contributed by atoms with Crippen LogP contribution in [0.1, 0.15) is 17.3 Å². The number of ether oxygens (including phenoxy) is 1. The fraction of sp³-hybridized carbons (Fsp3) is 0.118. The lowest BCUT2D eigenvalue weighted by molar-refractivity contribution is 0.0526. The summed E-state index contributed by atoms with van der Waals surface area (Å²) >= 11 is 5.84. The Bertz CT molecular complexity index is 1070. The molecule has 9 heteroatoms. The summed E-state index contributed by atoms with van der Waals surface area (Å²) in [4.78, 5) is 19.7. The number of carbonyl (C=O) groups excluding carboxylic acids is 1. The molecule has 3 aromatic rings. The average molecular weight is 392 g/mol. The van der Waals surface area contributed by atoms with Crippen LogP contribution in [-0.2, 0) is 14.8 Å². The van der Waals surface area contributed by atoms with Gasteiger partial charge in [0.1, 0.15) is 15.6 Å². The number of nitrogens with zero attached hydrogens (tertiary/aromatic N) is 2. The first-order valence-corrected chi connectivity index (χ1v) is 9.48. The number of rotatable bonds is 5. The Balaban J connectivity index is 1.92. The molecule has 1 aromatic heterocycles. The molecule has 0 fully saturated rings. The number of sulfonamides is 1. The highest BCUT2D eigenvalue weighted by Crippen LogP contribution is 2.24. The molecule has 0 radical (unpaired) electrons. The summed E-state index contributed by atoms with van der Waals surface area (Å²) in [5.74, 6) is -0.471. The minimum absolute atomic E-state index is 0.0422. The average Bonchev–Trinajstić information content (AvgIpc) is 2.61. The highest BCUT2D eigenvalue weighted by Gasteiger charge is 2.19. The molecule has 0 aliphatic rings. The van der Waals surface area contributed by atoms with Crippen molar-refractivity contribution in [2.75, 3.05) is 11.3 Å². The van der Waals surface area contributed by atoms with E-state index in [2.05, 4.69) is 14.7 Å². The van der Waals surface area contributed by atoms with Crippen molar-refractivity contribution in [3.05, 3.63) is 59.4 Å². The number of fused-ring (bicyclic) bond motifs is 1. The first-order valence-electron chi connectivity index (χ1n) is 7.62. The minimum Gasteiger partial charge on any atom is -0.462 e. The molecule has 7 nitrogen and oxygen atoms in total. The molecular formula is C17H14ClN3O4S. The number of halogens is 1. The highest BCUT2D eigenvalue weighted by atomic mass is 35.5. The minimum atomic E-state index is -3.93. The number of anilines is 1. The molecule has 1 heterocycles. The predicted octanol–water partition coefficient (Wildman–Crippen LogP) is 3.26. The zero-order valence-electron chi connectivity index (χ0n) is 13.6. The fourth-order valence-corrected chi connectivity index (χ4v) is 3.65. The smallest absolute Gasteiger partial charge is 0.338 e. The number of para-hydroxylation sites is 1. The maximum Gasteiger partial charge on any atom is 0.338 e. The summed E-state index contributed by atoms with van der Waals surface area (Å²) in [6.45, 7) is 1.97. The molecule has 0 spiro atoms. The number of aromatic nitrogens is 2. The van der Waals surface area contributed by atoms with Gasteiger partial charge in [-0.25, -0.2) is 18.2 Å². The summed E-state index contributed by atoms with van der Waals surface area (Å²) in [6, 6.07) is 10.6. The topological polar surface area (TPSA) is 98.2 Å². The second kappa shape index (κ2) is 7.27. The maximum absolute atomic E-state index is 12.7. The summed E-state index contributed by atoms with van der Waals surface area (Å²) in [5.41, 5.74) is 1.22. The van der Waals surface area contributed by atoms with Crippen LogP contribution < -0.4 is 4.72 Å². The van der Waals surface area contributed by atoms with Gasteiger partial charge in [-0.1, -0.05) is 17.7 Å². The summed E-state index contributed by atoms with van der Waals surface area (Å²) < 4.78 is 32.8. The number of hydrogen-bond donors (Lipinski definition) is 1. The normalized spacial score (nSPS) is 11.3. The zero-order valence-corrected chi connectivity index (χ0v) is 15.2. The second-order valence-electron chi connectivity index (χ2n) is 5.22. The SMILES string of the molecule is CCOC(=O)c1ccc(NS(=O)(=O)c2cccc3ncc(Cl)nc23)cc1. The first kappa shape index (κ1) is 18.1. The maximum atomic E-state index is 12.7. The van der Waals surface area contributed by atoms with Crippen molar-refractivity contribution in [3.8, 4) is 0 Å². The van der Waals surface area contributed by atoms with E-state index in [4.69, 9.17) is 16.3 Å². The van der Waals surface area contributed by atoms with Gasteiger partial charge in [0.25, 0.3) is 10.0 Å². The molecule has 1 N–H and O–H groups in total. The molecule has 0 unspecified atom stereocenters. The molecule has 2 aromatic carbocycles. The summed E-state index contributed by atoms with van der Waals surface area (Å²) in [7, 11) is -3.93. The third kappa shape index (κ3) is 3.76. The van der Waals surface area contributed by atoms with Gasteiger partial charge in [0, 0.05) is 5.69 Å². The molecule has 0 aliphatic carbocycles. The van der Waals surface area contributed by atoms with E-state index in [0.717, 1.165) is 0 Å². The molecule has 0 saturated carbocycles. The Hall–Kier alpha value is -2.71. The van der Waals surface area contributed by atoms with Gasteiger partial charge in [0.15, 0.2) is 0 Å². The van der Waals surface area contributed by atoms with E-state index >= 15 is 0 Å². The van der Waals surface area contributed by atoms with Crippen molar-refractivity contribution >= 4 is 44.3 Å². The number of nitrogens with one attached hydrogen (secondary N) is 1. The molecule has 3 rings (SSSR count). The Morgan fingerprint density at radius 2 is 1.92 bits per heavy atom. The van der Waals surface area contributed by atoms with Crippen molar-refractivity contribution in [2.24, 2.45) is 0 Å². The second-order valence-corrected chi connectivity index (χ2v) is 7.26. The van der Waals surface area contributed by atoms with Crippen LogP contribution in [0.2, 0.25) is 5.15 Å². The Morgan fingerprint density at radius 3 is 2.62 bits per heavy atom. The lowest BCUT2D eigenvalue weighted by Crippen LogP contribution is -2.14. The molecular weight excluding hydrogens is 378 g/mol. The first-order chi connectivity index (χ1) is 12.4. The van der Waals surface area contributed by atoms with Crippen molar-refractivity contribution < 1.29 is 17.9 Å². The third-order valence-electron chi connectivity index (χ3n) is 3.44. The van der Waals surface area contributed by atoms with E-state index in [9.17, 15) is 13.2 Å². The molecule has 0 atom stereocenters. The van der Waals surface area contributed by atoms with Crippen LogP contribution >= 0.6 is 11.6 Å². The van der Waals surface area contributed by atoms with Crippen LogP contribution in [0.4, 0.5) is 5.69 Å². The van der Waals surface area contributed by atoms with E-state index in [1.54, 1.807) is 19.1 Å². The number of carbonyl (C=O) groups is 1. The van der Waals surface area contributed by atoms with Gasteiger partial charge in [-0.3, -0.25) is 9.71 Å². The summed E-state index contributed by atoms with van der Waals surface area (Å²) in [5, 5.41) is 0.0962. The lowest BCUT2D eigenvalue weighted by atomic mass is 10.2. The third-order valence-corrected chi connectivity index (χ3v) is 5.04. The van der Waals surface area contributed by atoms with Crippen LogP contribution in [0, 0.1) is 0 Å². The van der Waals surface area contributed by atoms with E-state index in [1.165, 1.54) is 36.5 Å². The van der Waals surface area contributed by atoms with Crippen molar-refractivity contribution in [1.29, 1.82) is 0 Å². The zero-order chi connectivity index (χ0) is 18.7. The molecule has 0 aliphatic heterocycles. The monoisotopic (exact) mass is 391 g/mol. The van der Waals surface area contributed by atoms with Gasteiger partial charge in [0.2, 0.25) is 0 Å². The Morgan fingerprint density at radius 1 is 1.19 bits per heavy atom. The van der Waals surface area contributed by atoms with Gasteiger partial charge in [-0.15, -0.1) is 0 Å². The molecule has 0 saturated heterocycles. The van der Waals surface area contributed by atoms with Gasteiger partial charge < -0.3 is 4.74 Å². The van der Waals surface area contributed by atoms with E-state index in [1.807, 2.05) is 0 Å². The van der Waals surface area contributed by atoms with Crippen LogP contribution in [0.5, 0.6) is 0 Å². The van der Waals surface area contributed by atoms with Crippen molar-refractivity contribution in [2.45, 2.75) is 11.8 Å². The molecule has 134 valence electrons. The molecule has 26 heavy (non-hydrogen) atoms. The summed E-state index contributed by atoms with van der Waals surface area (Å²) in [6.07, 6.45) is 1.35. The van der Waals surface area contributed by atoms with Crippen LogP contribution in [0.15, 0.2) is 53.6 Å². The number of esters is 1. The standard InChI is InChI=1S/C17H14ClN3O4S/c1-2-25-17(22)11-6-8-12(9-7-11)21-26(23,24)14-5-3-4-13-16(14)20-15(18)10-19-13/h3-10,21H,2H2,1H3. The van der Waals surface area contributed by atoms with E-state index in [0.29, 0.717) is 16.8 Å². The van der Waals surface area contributed by atoms with Crippen molar-refractivity contribution in [3.63, 3.8) is 0 Å². The van der Waals surface area contributed by atoms with Gasteiger partial charge >= 0.3 is 5.97 Å². The number of benzene rings is 2. The van der Waals surface area contributed by atoms with Crippen molar-refractivity contribution in [1.82, 2.24) is 9.97 Å². The Labute approximate surface area is 155 Å². The van der Waals surface area contributed by atoms with Gasteiger partial charge in [-0.2, -0.15) is 0 Å². The van der Waals surface area contributed by atoms with Crippen LogP contribution in [0.25, 0.3) is 11.0 Å². The van der Waals surface area contributed by atoms with Gasteiger partial charge in [-0.05, 0) is 43.3 Å². The largest absolute Gasteiger partial charge is 0.462 e. The van der Waals surface area contributed by atoms with E-state index < -0.39 is 16.0 Å². The fourth-order valence-electron chi connectivity index (χ4n) is 2.30. The molecule has 0 bridgehead atoms. The molecule has 0 amide bonds.